The number of amides is 1. The molecule has 0 aliphatic heterocycles. The highest BCUT2D eigenvalue weighted by molar-refractivity contribution is 8.00. The molecule has 19 heavy (non-hydrogen) atoms. The first-order valence-corrected chi connectivity index (χ1v) is 8.18. The van der Waals surface area contributed by atoms with Crippen molar-refractivity contribution in [1.29, 1.82) is 0 Å². The van der Waals surface area contributed by atoms with Crippen LogP contribution in [0.5, 0.6) is 0 Å². The standard InChI is InChI=1S/C16H21NOS/c1-11-2-6-14(7-3-11)19-10-16(18)17-15-9-12-4-5-13(15)8-12/h2-3,6-7,12-13,15H,4-5,8-10H2,1H3,(H,17,18). The average Bonchev–Trinajstić information content (AvgIpc) is 3.00. The van der Waals surface area contributed by atoms with Gasteiger partial charge < -0.3 is 5.32 Å². The Hall–Kier alpha value is -0.960. The van der Waals surface area contributed by atoms with Crippen LogP contribution in [0.2, 0.25) is 0 Å². The number of nitrogens with one attached hydrogen (secondary N) is 1. The zero-order chi connectivity index (χ0) is 13.2. The molecule has 3 rings (SSSR count). The van der Waals surface area contributed by atoms with Gasteiger partial charge >= 0.3 is 0 Å². The second-order valence-corrected chi connectivity index (χ2v) is 7.00. The summed E-state index contributed by atoms with van der Waals surface area (Å²) in [4.78, 5) is 13.2. The summed E-state index contributed by atoms with van der Waals surface area (Å²) in [7, 11) is 0. The fourth-order valence-corrected chi connectivity index (χ4v) is 4.16. The van der Waals surface area contributed by atoms with Crippen LogP contribution >= 0.6 is 11.8 Å². The maximum absolute atomic E-state index is 12.0. The van der Waals surface area contributed by atoms with Crippen molar-refractivity contribution in [3.05, 3.63) is 29.8 Å². The van der Waals surface area contributed by atoms with Crippen LogP contribution in [0.4, 0.5) is 0 Å². The molecule has 0 radical (unpaired) electrons. The van der Waals surface area contributed by atoms with Gasteiger partial charge in [0.25, 0.3) is 0 Å². The van der Waals surface area contributed by atoms with E-state index in [9.17, 15) is 4.79 Å². The van der Waals surface area contributed by atoms with Crippen molar-refractivity contribution in [2.24, 2.45) is 11.8 Å². The second-order valence-electron chi connectivity index (χ2n) is 5.95. The highest BCUT2D eigenvalue weighted by atomic mass is 32.2. The molecular formula is C16H21NOS. The molecule has 1 aromatic rings. The van der Waals surface area contributed by atoms with E-state index >= 15 is 0 Å². The molecule has 3 unspecified atom stereocenters. The molecule has 0 spiro atoms. The zero-order valence-electron chi connectivity index (χ0n) is 11.4. The number of carbonyl (C=O) groups excluding carboxylic acids is 1. The zero-order valence-corrected chi connectivity index (χ0v) is 12.2. The minimum atomic E-state index is 0.197. The number of rotatable bonds is 4. The van der Waals surface area contributed by atoms with E-state index in [2.05, 4.69) is 36.5 Å². The van der Waals surface area contributed by atoms with E-state index in [-0.39, 0.29) is 5.91 Å². The van der Waals surface area contributed by atoms with Gasteiger partial charge in [0, 0.05) is 10.9 Å². The lowest BCUT2D eigenvalue weighted by Crippen LogP contribution is -2.39. The molecule has 2 nitrogen and oxygen atoms in total. The summed E-state index contributed by atoms with van der Waals surface area (Å²) in [6, 6.07) is 8.83. The first kappa shape index (κ1) is 13.0. The van der Waals surface area contributed by atoms with Crippen molar-refractivity contribution in [3.8, 4) is 0 Å². The molecule has 1 amide bonds. The van der Waals surface area contributed by atoms with Crippen LogP contribution in [0.25, 0.3) is 0 Å². The SMILES string of the molecule is Cc1ccc(SCC(=O)NC2CC3CCC2C3)cc1. The van der Waals surface area contributed by atoms with Gasteiger partial charge in [-0.1, -0.05) is 24.1 Å². The molecule has 2 bridgehead atoms. The van der Waals surface area contributed by atoms with E-state index in [0.29, 0.717) is 11.8 Å². The lowest BCUT2D eigenvalue weighted by atomic mass is 9.95. The smallest absolute Gasteiger partial charge is 0.230 e. The Labute approximate surface area is 119 Å². The molecule has 3 atom stereocenters. The fraction of sp³-hybridized carbons (Fsp3) is 0.562. The second kappa shape index (κ2) is 5.58. The lowest BCUT2D eigenvalue weighted by Gasteiger charge is -2.22. The maximum Gasteiger partial charge on any atom is 0.230 e. The molecule has 2 saturated carbocycles. The third-order valence-corrected chi connectivity index (χ3v) is 5.49. The Morgan fingerprint density at radius 3 is 2.68 bits per heavy atom. The third-order valence-electron chi connectivity index (χ3n) is 4.48. The minimum Gasteiger partial charge on any atom is -0.352 e. The summed E-state index contributed by atoms with van der Waals surface area (Å²) in [5.74, 6) is 2.39. The Morgan fingerprint density at radius 2 is 2.05 bits per heavy atom. The van der Waals surface area contributed by atoms with Gasteiger partial charge in [-0.3, -0.25) is 4.79 Å². The van der Waals surface area contributed by atoms with Gasteiger partial charge in [0.1, 0.15) is 0 Å². The van der Waals surface area contributed by atoms with E-state index in [1.165, 1.54) is 36.1 Å². The van der Waals surface area contributed by atoms with E-state index in [1.807, 2.05) is 0 Å². The molecule has 102 valence electrons. The molecule has 2 fully saturated rings. The number of hydrogen-bond donors (Lipinski definition) is 1. The van der Waals surface area contributed by atoms with Crippen molar-refractivity contribution < 1.29 is 4.79 Å². The molecule has 3 heteroatoms. The molecule has 1 aromatic carbocycles. The van der Waals surface area contributed by atoms with Gasteiger partial charge in [-0.25, -0.2) is 0 Å². The maximum atomic E-state index is 12.0. The van der Waals surface area contributed by atoms with Crippen LogP contribution in [-0.4, -0.2) is 17.7 Å². The molecule has 1 N–H and O–H groups in total. The van der Waals surface area contributed by atoms with Gasteiger partial charge in [-0.05, 0) is 50.2 Å². The topological polar surface area (TPSA) is 29.1 Å². The van der Waals surface area contributed by atoms with Gasteiger partial charge in [0.05, 0.1) is 5.75 Å². The van der Waals surface area contributed by atoms with E-state index < -0.39 is 0 Å². The van der Waals surface area contributed by atoms with E-state index in [4.69, 9.17) is 0 Å². The molecule has 0 aromatic heterocycles. The van der Waals surface area contributed by atoms with Crippen molar-refractivity contribution in [1.82, 2.24) is 5.32 Å². The van der Waals surface area contributed by atoms with Crippen molar-refractivity contribution in [2.45, 2.75) is 43.5 Å². The quantitative estimate of drug-likeness (QED) is 0.853. The Balaban J connectivity index is 1.45. The summed E-state index contributed by atoms with van der Waals surface area (Å²) < 4.78 is 0. The molecular weight excluding hydrogens is 254 g/mol. The van der Waals surface area contributed by atoms with Gasteiger partial charge in [-0.15, -0.1) is 11.8 Å². The lowest BCUT2D eigenvalue weighted by molar-refractivity contribution is -0.119. The van der Waals surface area contributed by atoms with Gasteiger partial charge in [0.2, 0.25) is 5.91 Å². The summed E-state index contributed by atoms with van der Waals surface area (Å²) in [6.07, 6.45) is 5.26. The normalized spacial score (nSPS) is 28.6. The van der Waals surface area contributed by atoms with Crippen LogP contribution in [-0.2, 0) is 4.79 Å². The van der Waals surface area contributed by atoms with Gasteiger partial charge in [0.15, 0.2) is 0 Å². The Kier molecular flexibility index (Phi) is 3.83. The molecule has 2 aliphatic rings. The number of carbonyl (C=O) groups is 1. The van der Waals surface area contributed by atoms with Crippen molar-refractivity contribution in [3.63, 3.8) is 0 Å². The summed E-state index contributed by atoms with van der Waals surface area (Å²) >= 11 is 1.63. The highest BCUT2D eigenvalue weighted by Crippen LogP contribution is 2.44. The summed E-state index contributed by atoms with van der Waals surface area (Å²) in [5, 5.41) is 3.23. The Morgan fingerprint density at radius 1 is 1.26 bits per heavy atom. The monoisotopic (exact) mass is 275 g/mol. The largest absolute Gasteiger partial charge is 0.352 e. The van der Waals surface area contributed by atoms with Crippen LogP contribution < -0.4 is 5.32 Å². The number of hydrogen-bond acceptors (Lipinski definition) is 2. The fourth-order valence-electron chi connectivity index (χ4n) is 3.45. The predicted molar refractivity (Wildman–Crippen MR) is 79.3 cm³/mol. The van der Waals surface area contributed by atoms with Gasteiger partial charge in [-0.2, -0.15) is 0 Å². The predicted octanol–water partition coefficient (Wildman–Crippen LogP) is 3.39. The van der Waals surface area contributed by atoms with Crippen LogP contribution in [0, 0.1) is 18.8 Å². The minimum absolute atomic E-state index is 0.197. The number of aryl methyl sites for hydroxylation is 1. The van der Waals surface area contributed by atoms with Crippen LogP contribution in [0.3, 0.4) is 0 Å². The third kappa shape index (κ3) is 3.14. The van der Waals surface area contributed by atoms with Crippen LogP contribution in [0.15, 0.2) is 29.2 Å². The van der Waals surface area contributed by atoms with Crippen molar-refractivity contribution >= 4 is 17.7 Å². The number of thioether (sulfide) groups is 1. The van der Waals surface area contributed by atoms with Crippen LogP contribution in [0.1, 0.15) is 31.2 Å². The molecule has 0 heterocycles. The Bertz CT molecular complexity index is 456. The van der Waals surface area contributed by atoms with Crippen molar-refractivity contribution in [2.75, 3.05) is 5.75 Å². The average molecular weight is 275 g/mol. The first-order chi connectivity index (χ1) is 9.20. The summed E-state index contributed by atoms with van der Waals surface area (Å²) in [6.45, 7) is 2.08. The number of fused-ring (bicyclic) bond motifs is 2. The van der Waals surface area contributed by atoms with E-state index in [0.717, 1.165) is 11.8 Å². The molecule has 0 saturated heterocycles. The number of benzene rings is 1. The van der Waals surface area contributed by atoms with E-state index in [1.54, 1.807) is 11.8 Å². The first-order valence-electron chi connectivity index (χ1n) is 7.19. The summed E-state index contributed by atoms with van der Waals surface area (Å²) in [5.41, 5.74) is 1.26. The highest BCUT2D eigenvalue weighted by Gasteiger charge is 2.39. The molecule has 2 aliphatic carbocycles.